The van der Waals surface area contributed by atoms with E-state index in [0.29, 0.717) is 0 Å². The van der Waals surface area contributed by atoms with Crippen LogP contribution in [0.1, 0.15) is 0 Å². The Bertz CT molecular complexity index is 413. The molecule has 0 heterocycles. The van der Waals surface area contributed by atoms with Gasteiger partial charge in [-0.3, -0.25) is 0 Å². The molecule has 1 aromatic carbocycles. The zero-order valence-electron chi connectivity index (χ0n) is 7.64. The predicted molar refractivity (Wildman–Crippen MR) is 45.2 cm³/mol. The molecule has 0 bridgehead atoms. The zero-order chi connectivity index (χ0) is 9.90. The van der Waals surface area contributed by atoms with Crippen molar-refractivity contribution in [1.29, 1.82) is 0 Å². The molecule has 0 fully saturated rings. The number of para-hydroxylation sites is 1. The molecule has 1 aromatic rings. The van der Waals surface area contributed by atoms with Crippen LogP contribution in [0.3, 0.4) is 0 Å². The van der Waals surface area contributed by atoms with Gasteiger partial charge in [0.05, 0.1) is 11.2 Å². The van der Waals surface area contributed by atoms with Crippen molar-refractivity contribution in [1.82, 2.24) is 0 Å². The summed E-state index contributed by atoms with van der Waals surface area (Å²) in [7, 11) is -4.48. The second kappa shape index (κ2) is 5.53. The summed E-state index contributed by atoms with van der Waals surface area (Å²) < 4.78 is 36.7. The molecule has 0 amide bonds. The maximum Gasteiger partial charge on any atom is 1.00 e. The molecule has 14 heavy (non-hydrogen) atoms. The topological polar surface area (TPSA) is 66.4 Å². The van der Waals surface area contributed by atoms with E-state index >= 15 is 0 Å². The molecular weight excluding hydrogens is 215 g/mol. The third-order valence-corrected chi connectivity index (χ3v) is 2.20. The first-order valence-electron chi connectivity index (χ1n) is 3.38. The maximum absolute atomic E-state index is 10.7. The van der Waals surface area contributed by atoms with Gasteiger partial charge in [0.25, 0.3) is 0 Å². The molecule has 0 radical (unpaired) electrons. The summed E-state index contributed by atoms with van der Waals surface area (Å²) in [5.41, 5.74) is 0. The van der Waals surface area contributed by atoms with Gasteiger partial charge in [-0.1, -0.05) is 18.7 Å². The van der Waals surface area contributed by atoms with E-state index in [1.807, 2.05) is 0 Å². The van der Waals surface area contributed by atoms with Crippen molar-refractivity contribution in [3.05, 3.63) is 37.1 Å². The van der Waals surface area contributed by atoms with Crippen molar-refractivity contribution >= 4 is 10.1 Å². The fraction of sp³-hybridized carbons (Fsp3) is 0. The van der Waals surface area contributed by atoms with Crippen LogP contribution in [0.2, 0.25) is 0 Å². The molecule has 1 rings (SSSR count). The third-order valence-electron chi connectivity index (χ3n) is 1.33. The van der Waals surface area contributed by atoms with Crippen molar-refractivity contribution in [3.8, 4) is 5.75 Å². The largest absolute Gasteiger partial charge is 1.00 e. The zero-order valence-corrected chi connectivity index (χ0v) is 10.5. The van der Waals surface area contributed by atoms with Crippen LogP contribution in [0.4, 0.5) is 0 Å². The Balaban J connectivity index is 0.00000169. The van der Waals surface area contributed by atoms with Gasteiger partial charge >= 0.3 is 29.6 Å². The molecule has 70 valence electrons. The van der Waals surface area contributed by atoms with Crippen molar-refractivity contribution in [2.75, 3.05) is 0 Å². The van der Waals surface area contributed by atoms with Crippen LogP contribution in [-0.4, -0.2) is 13.0 Å². The SMILES string of the molecule is C=COc1ccccc1S(=O)(=O)[O-].[Na+]. The van der Waals surface area contributed by atoms with Crippen LogP contribution >= 0.6 is 0 Å². The van der Waals surface area contributed by atoms with E-state index in [1.165, 1.54) is 18.2 Å². The van der Waals surface area contributed by atoms with Gasteiger partial charge < -0.3 is 9.29 Å². The van der Waals surface area contributed by atoms with Crippen molar-refractivity contribution in [2.24, 2.45) is 0 Å². The van der Waals surface area contributed by atoms with Crippen LogP contribution in [0.15, 0.2) is 42.0 Å². The van der Waals surface area contributed by atoms with E-state index in [-0.39, 0.29) is 40.2 Å². The standard InChI is InChI=1S/C8H8O4S.Na/c1-2-12-7-5-3-4-6-8(7)13(9,10)11;/h2-6H,1H2,(H,9,10,11);/q;+1/p-1. The molecule has 0 aliphatic carbocycles. The Morgan fingerprint density at radius 1 is 1.36 bits per heavy atom. The van der Waals surface area contributed by atoms with Gasteiger partial charge in [0.2, 0.25) is 0 Å². The Kier molecular flexibility index (Phi) is 5.40. The average Bonchev–Trinajstić information content (AvgIpc) is 2.04. The molecule has 6 heteroatoms. The Labute approximate surface area is 105 Å². The minimum atomic E-state index is -4.48. The van der Waals surface area contributed by atoms with Gasteiger partial charge in [-0.15, -0.1) is 0 Å². The van der Waals surface area contributed by atoms with Crippen LogP contribution in [0.25, 0.3) is 0 Å². The molecule has 0 saturated carbocycles. The minimum absolute atomic E-state index is 0. The normalized spacial score (nSPS) is 10.1. The Morgan fingerprint density at radius 3 is 2.43 bits per heavy atom. The average molecular weight is 222 g/mol. The van der Waals surface area contributed by atoms with Crippen molar-refractivity contribution in [3.63, 3.8) is 0 Å². The van der Waals surface area contributed by atoms with E-state index in [4.69, 9.17) is 4.74 Å². The molecule has 4 nitrogen and oxygen atoms in total. The van der Waals surface area contributed by atoms with Crippen LogP contribution in [0.5, 0.6) is 5.75 Å². The van der Waals surface area contributed by atoms with Crippen LogP contribution in [-0.2, 0) is 10.1 Å². The maximum atomic E-state index is 10.7. The van der Waals surface area contributed by atoms with Crippen LogP contribution < -0.4 is 34.3 Å². The van der Waals surface area contributed by atoms with Gasteiger partial charge in [-0.2, -0.15) is 0 Å². The summed E-state index contributed by atoms with van der Waals surface area (Å²) >= 11 is 0. The third kappa shape index (κ3) is 3.43. The van der Waals surface area contributed by atoms with Crippen molar-refractivity contribution in [2.45, 2.75) is 4.90 Å². The molecule has 0 aliphatic rings. The second-order valence-electron chi connectivity index (χ2n) is 2.19. The molecule has 0 aromatic heterocycles. The number of benzene rings is 1. The van der Waals surface area contributed by atoms with Gasteiger partial charge in [-0.25, -0.2) is 8.42 Å². The summed E-state index contributed by atoms with van der Waals surface area (Å²) in [6, 6.07) is 5.57. The number of rotatable bonds is 3. The first-order chi connectivity index (χ1) is 6.05. The van der Waals surface area contributed by atoms with Gasteiger partial charge in [0.15, 0.2) is 0 Å². The van der Waals surface area contributed by atoms with E-state index in [2.05, 4.69) is 6.58 Å². The summed E-state index contributed by atoms with van der Waals surface area (Å²) in [6.07, 6.45) is 1.06. The second-order valence-corrected chi connectivity index (χ2v) is 3.53. The monoisotopic (exact) mass is 222 g/mol. The van der Waals surface area contributed by atoms with Gasteiger partial charge in [0.1, 0.15) is 15.9 Å². The predicted octanol–water partition coefficient (Wildman–Crippen LogP) is -1.88. The summed E-state index contributed by atoms with van der Waals surface area (Å²) in [4.78, 5) is -0.380. The molecule has 0 unspecified atom stereocenters. The van der Waals surface area contributed by atoms with E-state index in [1.54, 1.807) is 6.07 Å². The number of hydrogen-bond donors (Lipinski definition) is 0. The molecule has 0 atom stereocenters. The van der Waals surface area contributed by atoms with Crippen LogP contribution in [0, 0.1) is 0 Å². The quantitative estimate of drug-likeness (QED) is 0.341. The van der Waals surface area contributed by atoms with E-state index < -0.39 is 10.1 Å². The van der Waals surface area contributed by atoms with E-state index in [0.717, 1.165) is 6.26 Å². The Morgan fingerprint density at radius 2 is 1.93 bits per heavy atom. The van der Waals surface area contributed by atoms with Gasteiger partial charge in [0, 0.05) is 0 Å². The summed E-state index contributed by atoms with van der Waals surface area (Å²) in [6.45, 7) is 3.26. The van der Waals surface area contributed by atoms with E-state index in [9.17, 15) is 13.0 Å². The first kappa shape index (κ1) is 13.7. The smallest absolute Gasteiger partial charge is 0.744 e. The van der Waals surface area contributed by atoms with Gasteiger partial charge in [-0.05, 0) is 12.1 Å². The fourth-order valence-electron chi connectivity index (χ4n) is 0.844. The molecule has 0 N–H and O–H groups in total. The molecule has 0 aliphatic heterocycles. The molecule has 0 spiro atoms. The molecule has 0 saturated heterocycles. The summed E-state index contributed by atoms with van der Waals surface area (Å²) in [5, 5.41) is 0. The number of ether oxygens (including phenoxy) is 1. The first-order valence-corrected chi connectivity index (χ1v) is 4.79. The van der Waals surface area contributed by atoms with Crippen molar-refractivity contribution < 1.29 is 47.3 Å². The minimum Gasteiger partial charge on any atom is -0.744 e. The molecular formula is C8H7NaO4S. The number of hydrogen-bond acceptors (Lipinski definition) is 4. The summed E-state index contributed by atoms with van der Waals surface area (Å²) in [5.74, 6) is -0.00694. The Hall–Kier alpha value is -0.330. The fourth-order valence-corrected chi connectivity index (χ4v) is 1.45.